The first-order valence-electron chi connectivity index (χ1n) is 37.7. The minimum absolute atomic E-state index is 0.0584. The summed E-state index contributed by atoms with van der Waals surface area (Å²) in [6, 6.07) is -10.4. The molecule has 0 amide bonds. The number of hydrogen-bond acceptors (Lipinski definition) is 24. The van der Waals surface area contributed by atoms with Crippen LogP contribution in [0.15, 0.2) is 120 Å². The molecule has 3 aromatic rings. The van der Waals surface area contributed by atoms with Crippen molar-refractivity contribution < 1.29 is 131 Å². The number of aliphatic hydroxyl groups excluding tert-OH is 15. The molecule has 1 aromatic heterocycles. The maximum Gasteiger partial charge on any atom is 0.331 e. The highest BCUT2D eigenvalue weighted by Crippen LogP contribution is 2.25. The summed E-state index contributed by atoms with van der Waals surface area (Å²) in [6.07, 6.45) is -2.79. The van der Waals surface area contributed by atoms with Crippen molar-refractivity contribution in [2.75, 3.05) is 25.4 Å². The molecule has 1 aliphatic heterocycles. The topological polar surface area (TPSA) is 772 Å². The van der Waals surface area contributed by atoms with Crippen LogP contribution in [-0.4, -0.2) is 318 Å². The van der Waals surface area contributed by atoms with Crippen molar-refractivity contribution in [1.82, 2.24) is 4.98 Å². The number of carboxylic acids is 4. The molecule has 26 N–H and O–H groups in total. The number of carboxylic acid groups (broad SMARTS) is 4. The first-order chi connectivity index (χ1) is 56.1. The highest BCUT2D eigenvalue weighted by Gasteiger charge is 2.37. The fourth-order valence-corrected chi connectivity index (χ4v) is 11.6. The van der Waals surface area contributed by atoms with Crippen LogP contribution in [0.25, 0.3) is 10.9 Å². The van der Waals surface area contributed by atoms with Crippen LogP contribution in [-0.2, 0) is 35.1 Å². The number of nitrogen functional groups attached to an aromatic ring is 1. The molecule has 0 spiro atoms. The molecule has 652 valence electrons. The first-order valence-corrected chi connectivity index (χ1v) is 37.7. The average Bonchev–Trinajstić information content (AvgIpc) is 1.65. The van der Waals surface area contributed by atoms with Crippen molar-refractivity contribution in [3.63, 3.8) is 0 Å². The normalized spacial score (nSPS) is 21.8. The number of Topliss-reactive ketones (excluding diaryl/α,β-unsaturated/α-hetero) is 1. The molecule has 13 unspecified atom stereocenters. The van der Waals surface area contributed by atoms with Crippen LogP contribution >= 0.6 is 0 Å². The number of nitrogens with zero attached hydrogens (tertiary/aromatic N) is 13. The van der Waals surface area contributed by atoms with E-state index in [9.17, 15) is 126 Å². The van der Waals surface area contributed by atoms with E-state index in [2.05, 4.69) is 83.7 Å². The van der Waals surface area contributed by atoms with Gasteiger partial charge in [0.15, 0.2) is 35.6 Å². The number of unbranched alkanes of at least 4 members (excludes halogenated alkanes) is 5. The molecule has 2 aromatic carbocycles. The van der Waals surface area contributed by atoms with Crippen molar-refractivity contribution in [1.29, 1.82) is 10.8 Å². The lowest BCUT2D eigenvalue weighted by Gasteiger charge is -2.24. The number of carbonyl (C=O) groups is 6. The summed E-state index contributed by atoms with van der Waals surface area (Å²) in [5.74, 6) is -28.5. The van der Waals surface area contributed by atoms with E-state index in [0.717, 1.165) is 59.3 Å². The lowest BCUT2D eigenvalue weighted by molar-refractivity contribution is -0.150. The van der Waals surface area contributed by atoms with Crippen molar-refractivity contribution >= 4 is 141 Å². The third kappa shape index (κ3) is 34.6. The molecule has 0 saturated heterocycles. The van der Waals surface area contributed by atoms with E-state index >= 15 is 0 Å². The van der Waals surface area contributed by atoms with E-state index in [-0.39, 0.29) is 43.5 Å². The highest BCUT2D eigenvalue weighted by molar-refractivity contribution is 6.04. The predicted molar refractivity (Wildman–Crippen MR) is 443 cm³/mol. The van der Waals surface area contributed by atoms with Crippen LogP contribution < -0.4 is 11.5 Å². The molecular weight excluding hydrogens is 1570 g/mol. The van der Waals surface area contributed by atoms with Gasteiger partial charge in [0.05, 0.1) is 38.5 Å². The summed E-state index contributed by atoms with van der Waals surface area (Å²) in [5.41, 5.74) is 12.7. The van der Waals surface area contributed by atoms with Crippen LogP contribution in [0.4, 0.5) is 5.69 Å². The molecule has 0 bridgehead atoms. The Morgan fingerprint density at radius 1 is 0.538 bits per heavy atom. The van der Waals surface area contributed by atoms with Gasteiger partial charge in [-0.25, -0.2) is 69.7 Å². The van der Waals surface area contributed by atoms with Crippen molar-refractivity contribution in [2.45, 2.75) is 223 Å². The average molecular weight is 1680 g/mol. The van der Waals surface area contributed by atoms with Gasteiger partial charge in [0, 0.05) is 47.6 Å². The Hall–Kier alpha value is -13.2. The second-order valence-electron chi connectivity index (χ2n) is 28.2. The number of benzene rings is 2. The van der Waals surface area contributed by atoms with Crippen LogP contribution in [0.5, 0.6) is 0 Å². The zero-order chi connectivity index (χ0) is 88.9. The quantitative estimate of drug-likeness (QED) is 0.00650. The zero-order valence-electron chi connectivity index (χ0n) is 66.0. The van der Waals surface area contributed by atoms with E-state index in [4.69, 9.17) is 27.0 Å². The molecule has 2 heterocycles. The number of hydrogen-bond donors (Lipinski definition) is 24. The van der Waals surface area contributed by atoms with Gasteiger partial charge in [0.2, 0.25) is 70.8 Å². The molecule has 0 fully saturated rings. The standard InChI is InChI=1S/C75H106N18O26/c1-36(2)17-10-8-6-7-9-11-23-56(97)85-46(26-40-33-80-44-21-15-13-18-41(40)44)69(112)88-48(29-55(79)96)70(113)90-51(32-62(106)107)72(115)93-64-39(5)119-75(118)52(27-53(94)42-19-12-14-20-43(42)77)91-74(117)63(37(3)25-59(100)101)92-71(114)47(28-54(78)95)86-58(99)34-81-66(109)49(30-60(102)103)87-65(108)38(4)83-68(111)50(31-61(104)105)89-67(110)45(22-16-24-76)84-57(98)35-82-73(64)116/h12-15,18-21,33,36-39,45-52,63-64,80H,6-11,16-17,22-32,34-35,76-77H2,1-5H3,(H2,78,95)(H2,79,96)(H,81,109)(H,82,116)(H,83,111)(H,84,98)(H,85,97)(H,86,99)(H,87,108)(H,88,112)(H,89,110)(H,90,113)(H,91,117)(H,92,114)(H,93,115)(H,100,101)(H,102,103)(H,104,105)(H,106,107). The van der Waals surface area contributed by atoms with Crippen molar-refractivity contribution in [3.8, 4) is 0 Å². The number of rotatable bonds is 37. The van der Waals surface area contributed by atoms with Gasteiger partial charge in [-0.15, -0.1) is 0 Å². The summed E-state index contributed by atoms with van der Waals surface area (Å²) < 4.78 is 5.74. The number of aliphatic carboxylic acids is 4. The van der Waals surface area contributed by atoms with Gasteiger partial charge in [-0.1, -0.05) is 89.6 Å². The number of anilines is 1. The van der Waals surface area contributed by atoms with Gasteiger partial charge < -0.3 is 118 Å². The number of aliphatic hydroxyl groups is 15. The fraction of sp³-hybridized carbons (Fsp3) is 0.533. The SMILES string of the molecule is CC(C)CCCCCCCCC(O)=NC(Cc1c[nH]c2ccccc12)C(O)=NC(CC(=N)O)C(O)=NC(CC(=O)O)C(O)=NC1C(O)=NCC(O)=NC(CCCN)C(O)=NC(CC(=O)O)C(O)=NC(C)C(O)=NC(CC(=O)O)C(O)=NCC(O)=NC(CC(=N)O)C(O)=NC(C(C)CC(=O)O)C(O)=NC(CC(=O)c2ccccc2N)C(=O)OC1C. The first kappa shape index (κ1) is 98.2. The smallest absolute Gasteiger partial charge is 0.331 e. The van der Waals surface area contributed by atoms with Gasteiger partial charge in [-0.3, -0.25) is 34.8 Å². The third-order valence-corrected chi connectivity index (χ3v) is 17.8. The van der Waals surface area contributed by atoms with Crippen molar-refractivity contribution in [2.24, 2.45) is 82.5 Å². The number of nitrogens with one attached hydrogen (secondary N) is 3. The number of fused-ring (bicyclic) bond motifs is 1. The van der Waals surface area contributed by atoms with Crippen LogP contribution in [0.3, 0.4) is 0 Å². The number of aliphatic imine (C=N–C) groups is 13. The minimum Gasteiger partial charge on any atom is -0.497 e. The van der Waals surface area contributed by atoms with E-state index in [0.29, 0.717) is 28.8 Å². The molecule has 1 aliphatic rings. The van der Waals surface area contributed by atoms with E-state index in [1.165, 1.54) is 24.3 Å². The number of cyclic esters (lactones) is 1. The lowest BCUT2D eigenvalue weighted by atomic mass is 9.97. The van der Waals surface area contributed by atoms with Crippen LogP contribution in [0.2, 0.25) is 0 Å². The molecule has 44 heteroatoms. The van der Waals surface area contributed by atoms with Gasteiger partial charge in [0.1, 0.15) is 73.6 Å². The summed E-state index contributed by atoms with van der Waals surface area (Å²) in [5, 5.41) is 227. The van der Waals surface area contributed by atoms with Gasteiger partial charge in [0.25, 0.3) is 0 Å². The Balaban J connectivity index is 2.11. The Labute approximate surface area is 680 Å². The maximum absolute atomic E-state index is 14.9. The maximum atomic E-state index is 14.9. The van der Waals surface area contributed by atoms with Gasteiger partial charge in [-0.05, 0) is 75.3 Å². The molecule has 13 atom stereocenters. The molecular formula is C75H106N18O26. The number of aromatic amines is 1. The second-order valence-corrected chi connectivity index (χ2v) is 28.2. The second kappa shape index (κ2) is 49.0. The fourth-order valence-electron chi connectivity index (χ4n) is 11.6. The molecule has 0 saturated carbocycles. The zero-order valence-corrected chi connectivity index (χ0v) is 66.0. The lowest BCUT2D eigenvalue weighted by Crippen LogP contribution is -2.40. The summed E-state index contributed by atoms with van der Waals surface area (Å²) in [6.45, 7) is 4.77. The molecule has 4 rings (SSSR count). The minimum atomic E-state index is -2.44. The monoisotopic (exact) mass is 1670 g/mol. The predicted octanol–water partition coefficient (Wildman–Crippen LogP) is 7.92. The number of ketones is 1. The van der Waals surface area contributed by atoms with Crippen LogP contribution in [0, 0.1) is 22.7 Å². The number of H-pyrrole nitrogens is 1. The van der Waals surface area contributed by atoms with E-state index in [1.54, 1.807) is 30.5 Å². The van der Waals surface area contributed by atoms with Crippen molar-refractivity contribution in [3.05, 3.63) is 65.9 Å². The Kier molecular flexibility index (Phi) is 40.4. The number of ether oxygens (including phenoxy) is 1. The van der Waals surface area contributed by atoms with E-state index < -0.39 is 261 Å². The Bertz CT molecular complexity index is 4430. The number of esters is 1. The number of carbonyl (C=O) groups excluding carboxylic acids is 2. The van der Waals surface area contributed by atoms with Crippen LogP contribution in [0.1, 0.15) is 160 Å². The summed E-state index contributed by atoms with van der Waals surface area (Å²) >= 11 is 0. The summed E-state index contributed by atoms with van der Waals surface area (Å²) in [4.78, 5) is 132. The Morgan fingerprint density at radius 3 is 1.66 bits per heavy atom. The number of para-hydroxylation sites is 2. The summed E-state index contributed by atoms with van der Waals surface area (Å²) in [7, 11) is 0. The highest BCUT2D eigenvalue weighted by atomic mass is 16.5. The largest absolute Gasteiger partial charge is 0.497 e. The molecule has 119 heavy (non-hydrogen) atoms. The Morgan fingerprint density at radius 2 is 1.07 bits per heavy atom. The van der Waals surface area contributed by atoms with Gasteiger partial charge in [-0.2, -0.15) is 0 Å². The molecule has 44 nitrogen and oxygen atoms in total. The number of nitrogens with two attached hydrogens (primary N) is 2. The third-order valence-electron chi connectivity index (χ3n) is 17.8. The van der Waals surface area contributed by atoms with E-state index in [1.807, 2.05) is 0 Å². The molecule has 0 aliphatic carbocycles. The van der Waals surface area contributed by atoms with Gasteiger partial charge >= 0.3 is 29.8 Å². The molecule has 0 radical (unpaired) electrons. The number of aromatic nitrogens is 1.